The van der Waals surface area contributed by atoms with Crippen molar-refractivity contribution in [1.82, 2.24) is 5.32 Å². The highest BCUT2D eigenvalue weighted by atomic mass is 19.1. The van der Waals surface area contributed by atoms with Gasteiger partial charge in [0.05, 0.1) is 5.60 Å². The van der Waals surface area contributed by atoms with E-state index in [2.05, 4.69) is 5.32 Å². The molecule has 4 N–H and O–H groups in total. The van der Waals surface area contributed by atoms with E-state index < -0.39 is 5.60 Å². The van der Waals surface area contributed by atoms with Crippen LogP contribution < -0.4 is 11.1 Å². The van der Waals surface area contributed by atoms with E-state index in [9.17, 15) is 14.3 Å². The van der Waals surface area contributed by atoms with Crippen molar-refractivity contribution >= 4 is 11.6 Å². The molecule has 0 heterocycles. The van der Waals surface area contributed by atoms with Gasteiger partial charge in [-0.05, 0) is 43.7 Å². The first kappa shape index (κ1) is 16.0. The second-order valence-electron chi connectivity index (χ2n) is 5.67. The standard InChI is InChI=1S/C17H19FN2O2/c1-17(2,22)14-8-5-12(9-15(14)19)16(21)20-10-11-3-6-13(18)7-4-11/h3-9,22H,10,19H2,1-2H3,(H,20,21). The van der Waals surface area contributed by atoms with Crippen molar-refractivity contribution in [3.05, 3.63) is 65.0 Å². The summed E-state index contributed by atoms with van der Waals surface area (Å²) in [7, 11) is 0. The molecule has 0 spiro atoms. The minimum Gasteiger partial charge on any atom is -0.398 e. The van der Waals surface area contributed by atoms with E-state index in [-0.39, 0.29) is 11.7 Å². The lowest BCUT2D eigenvalue weighted by Gasteiger charge is -2.20. The Kier molecular flexibility index (Phi) is 4.47. The summed E-state index contributed by atoms with van der Waals surface area (Å²) < 4.78 is 12.8. The zero-order valence-corrected chi connectivity index (χ0v) is 12.6. The molecule has 1 amide bonds. The molecule has 0 saturated heterocycles. The van der Waals surface area contributed by atoms with Gasteiger partial charge in [-0.25, -0.2) is 4.39 Å². The number of carbonyl (C=O) groups is 1. The number of carbonyl (C=O) groups excluding carboxylic acids is 1. The predicted molar refractivity (Wildman–Crippen MR) is 83.7 cm³/mol. The molecule has 0 bridgehead atoms. The van der Waals surface area contributed by atoms with Crippen molar-refractivity contribution in [2.24, 2.45) is 0 Å². The minimum atomic E-state index is -1.06. The molecular weight excluding hydrogens is 283 g/mol. The van der Waals surface area contributed by atoms with Crippen LogP contribution in [0.2, 0.25) is 0 Å². The molecule has 0 saturated carbocycles. The third kappa shape index (κ3) is 3.83. The van der Waals surface area contributed by atoms with Crippen molar-refractivity contribution in [3.63, 3.8) is 0 Å². The molecule has 2 rings (SSSR count). The van der Waals surface area contributed by atoms with Crippen LogP contribution >= 0.6 is 0 Å². The molecule has 0 unspecified atom stereocenters. The SMILES string of the molecule is CC(C)(O)c1ccc(C(=O)NCc2ccc(F)cc2)cc1N. The highest BCUT2D eigenvalue weighted by molar-refractivity contribution is 5.95. The zero-order valence-electron chi connectivity index (χ0n) is 12.6. The van der Waals surface area contributed by atoms with Gasteiger partial charge in [-0.3, -0.25) is 4.79 Å². The number of hydrogen-bond donors (Lipinski definition) is 3. The van der Waals surface area contributed by atoms with Crippen molar-refractivity contribution in [2.45, 2.75) is 26.0 Å². The zero-order chi connectivity index (χ0) is 16.3. The van der Waals surface area contributed by atoms with Gasteiger partial charge < -0.3 is 16.2 Å². The summed E-state index contributed by atoms with van der Waals surface area (Å²) in [5.41, 5.74) is 6.97. The Bertz CT molecular complexity index is 676. The molecule has 0 aliphatic heterocycles. The van der Waals surface area contributed by atoms with Gasteiger partial charge in [0.2, 0.25) is 0 Å². The summed E-state index contributed by atoms with van der Waals surface area (Å²) in [6.07, 6.45) is 0. The topological polar surface area (TPSA) is 75.3 Å². The Morgan fingerprint density at radius 1 is 1.23 bits per heavy atom. The Hall–Kier alpha value is -2.40. The van der Waals surface area contributed by atoms with Gasteiger partial charge >= 0.3 is 0 Å². The fourth-order valence-electron chi connectivity index (χ4n) is 2.15. The van der Waals surface area contributed by atoms with Crippen LogP contribution in [0.5, 0.6) is 0 Å². The summed E-state index contributed by atoms with van der Waals surface area (Å²) in [5.74, 6) is -0.594. The lowest BCUT2D eigenvalue weighted by atomic mass is 9.95. The highest BCUT2D eigenvalue weighted by Crippen LogP contribution is 2.26. The predicted octanol–water partition coefficient (Wildman–Crippen LogP) is 2.57. The van der Waals surface area contributed by atoms with E-state index in [1.165, 1.54) is 18.2 Å². The van der Waals surface area contributed by atoms with Gasteiger partial charge in [-0.1, -0.05) is 18.2 Å². The van der Waals surface area contributed by atoms with Crippen molar-refractivity contribution in [3.8, 4) is 0 Å². The van der Waals surface area contributed by atoms with Crippen LogP contribution in [0.15, 0.2) is 42.5 Å². The third-order valence-corrected chi connectivity index (χ3v) is 3.34. The molecular formula is C17H19FN2O2. The third-order valence-electron chi connectivity index (χ3n) is 3.34. The number of hydrogen-bond acceptors (Lipinski definition) is 3. The van der Waals surface area contributed by atoms with Gasteiger partial charge in [0.15, 0.2) is 0 Å². The van der Waals surface area contributed by atoms with Crippen LogP contribution in [0, 0.1) is 5.82 Å². The van der Waals surface area contributed by atoms with Gasteiger partial charge in [-0.2, -0.15) is 0 Å². The fraction of sp³-hybridized carbons (Fsp3) is 0.235. The number of aliphatic hydroxyl groups is 1. The molecule has 116 valence electrons. The normalized spacial score (nSPS) is 11.3. The minimum absolute atomic E-state index is 0.279. The highest BCUT2D eigenvalue weighted by Gasteiger charge is 2.20. The first-order valence-electron chi connectivity index (χ1n) is 6.92. The number of anilines is 1. The number of nitrogens with one attached hydrogen (secondary N) is 1. The van der Waals surface area contributed by atoms with E-state index in [4.69, 9.17) is 5.73 Å². The van der Waals surface area contributed by atoms with Crippen LogP contribution in [-0.4, -0.2) is 11.0 Å². The molecule has 0 aliphatic rings. The van der Waals surface area contributed by atoms with Gasteiger partial charge in [0.1, 0.15) is 5.82 Å². The Balaban J connectivity index is 2.07. The summed E-state index contributed by atoms with van der Waals surface area (Å²) >= 11 is 0. The van der Waals surface area contributed by atoms with E-state index >= 15 is 0 Å². The van der Waals surface area contributed by atoms with E-state index in [1.807, 2.05) is 0 Å². The molecule has 2 aromatic rings. The molecule has 0 aromatic heterocycles. The first-order valence-corrected chi connectivity index (χ1v) is 6.92. The summed E-state index contributed by atoms with van der Waals surface area (Å²) in [6.45, 7) is 3.56. The maximum absolute atomic E-state index is 12.8. The van der Waals surface area contributed by atoms with Crippen LogP contribution in [0.25, 0.3) is 0 Å². The van der Waals surface area contributed by atoms with Crippen LogP contribution in [0.4, 0.5) is 10.1 Å². The van der Waals surface area contributed by atoms with Crippen molar-refractivity contribution in [1.29, 1.82) is 0 Å². The number of nitrogen functional groups attached to an aromatic ring is 1. The number of halogens is 1. The number of rotatable bonds is 4. The van der Waals surface area contributed by atoms with E-state index in [0.717, 1.165) is 5.56 Å². The molecule has 22 heavy (non-hydrogen) atoms. The lowest BCUT2D eigenvalue weighted by Crippen LogP contribution is -2.24. The van der Waals surface area contributed by atoms with Crippen molar-refractivity contribution < 1.29 is 14.3 Å². The summed E-state index contributed by atoms with van der Waals surface area (Å²) in [4.78, 5) is 12.1. The Morgan fingerprint density at radius 2 is 1.86 bits per heavy atom. The van der Waals surface area contributed by atoms with Crippen LogP contribution in [0.3, 0.4) is 0 Å². The van der Waals surface area contributed by atoms with Gasteiger partial charge in [0, 0.05) is 23.4 Å². The molecule has 2 aromatic carbocycles. The second kappa shape index (κ2) is 6.15. The molecule has 4 nitrogen and oxygen atoms in total. The van der Waals surface area contributed by atoms with Crippen LogP contribution in [0.1, 0.15) is 35.3 Å². The second-order valence-corrected chi connectivity index (χ2v) is 5.67. The summed E-state index contributed by atoms with van der Waals surface area (Å²) in [5, 5.41) is 12.7. The lowest BCUT2D eigenvalue weighted by molar-refractivity contribution is 0.0792. The average Bonchev–Trinajstić information content (AvgIpc) is 2.45. The average molecular weight is 302 g/mol. The summed E-state index contributed by atoms with van der Waals surface area (Å²) in [6, 6.07) is 10.7. The first-order chi connectivity index (χ1) is 10.3. The number of nitrogens with two attached hydrogens (primary N) is 1. The fourth-order valence-corrected chi connectivity index (χ4v) is 2.15. The Labute approximate surface area is 128 Å². The molecule has 0 atom stereocenters. The number of benzene rings is 2. The maximum Gasteiger partial charge on any atom is 0.251 e. The Morgan fingerprint density at radius 3 is 2.41 bits per heavy atom. The quantitative estimate of drug-likeness (QED) is 0.760. The van der Waals surface area contributed by atoms with E-state index in [1.54, 1.807) is 38.1 Å². The van der Waals surface area contributed by atoms with Gasteiger partial charge in [-0.15, -0.1) is 0 Å². The molecule has 5 heteroatoms. The number of amides is 1. The molecule has 0 aliphatic carbocycles. The molecule has 0 fully saturated rings. The van der Waals surface area contributed by atoms with Gasteiger partial charge in [0.25, 0.3) is 5.91 Å². The van der Waals surface area contributed by atoms with Crippen molar-refractivity contribution in [2.75, 3.05) is 5.73 Å². The smallest absolute Gasteiger partial charge is 0.251 e. The molecule has 0 radical (unpaired) electrons. The van der Waals surface area contributed by atoms with Crippen LogP contribution in [-0.2, 0) is 12.1 Å². The monoisotopic (exact) mass is 302 g/mol. The largest absolute Gasteiger partial charge is 0.398 e. The van der Waals surface area contributed by atoms with E-state index in [0.29, 0.717) is 23.4 Å². The maximum atomic E-state index is 12.8.